The zero-order valence-corrected chi connectivity index (χ0v) is 12.9. The van der Waals surface area contributed by atoms with Gasteiger partial charge in [-0.2, -0.15) is 0 Å². The van der Waals surface area contributed by atoms with Crippen molar-refractivity contribution >= 4 is 34.3 Å². The number of likely N-dealkylation sites (N-methyl/N-ethyl adjacent to an activating group) is 1. The summed E-state index contributed by atoms with van der Waals surface area (Å²) in [6, 6.07) is 8.17. The Balaban J connectivity index is 1.94. The lowest BCUT2D eigenvalue weighted by Gasteiger charge is -2.22. The normalized spacial score (nSPS) is 10.6. The summed E-state index contributed by atoms with van der Waals surface area (Å²) >= 11 is 7.33. The number of hydrogen-bond donors (Lipinski definition) is 2. The van der Waals surface area contributed by atoms with E-state index in [4.69, 9.17) is 16.7 Å². The van der Waals surface area contributed by atoms with Crippen molar-refractivity contribution in [3.05, 3.63) is 39.8 Å². The fraction of sp³-hybridized carbons (Fsp3) is 0.357. The van der Waals surface area contributed by atoms with Gasteiger partial charge in [0.25, 0.3) is 0 Å². The Morgan fingerprint density at radius 3 is 2.65 bits per heavy atom. The highest BCUT2D eigenvalue weighted by molar-refractivity contribution is 7.15. The Morgan fingerprint density at radius 2 is 2.10 bits per heavy atom. The number of rotatable bonds is 7. The highest BCUT2D eigenvalue weighted by Crippen LogP contribution is 2.21. The number of benzene rings is 1. The number of aromatic nitrogens is 1. The molecule has 0 aliphatic heterocycles. The summed E-state index contributed by atoms with van der Waals surface area (Å²) in [4.78, 5) is 6.33. The van der Waals surface area contributed by atoms with Crippen LogP contribution in [-0.2, 0) is 6.54 Å². The molecule has 0 bridgehead atoms. The molecule has 0 atom stereocenters. The molecule has 4 nitrogen and oxygen atoms in total. The molecule has 1 heterocycles. The van der Waals surface area contributed by atoms with Crippen molar-refractivity contribution in [2.75, 3.05) is 29.9 Å². The molecule has 0 fully saturated rings. The van der Waals surface area contributed by atoms with Gasteiger partial charge in [0.05, 0.1) is 19.3 Å². The van der Waals surface area contributed by atoms with Crippen LogP contribution < -0.4 is 10.2 Å². The number of aliphatic hydroxyl groups excluding tert-OH is 1. The summed E-state index contributed by atoms with van der Waals surface area (Å²) in [5.41, 5.74) is 2.16. The van der Waals surface area contributed by atoms with Gasteiger partial charge in [-0.25, -0.2) is 4.98 Å². The van der Waals surface area contributed by atoms with Crippen molar-refractivity contribution in [3.8, 4) is 0 Å². The van der Waals surface area contributed by atoms with Crippen LogP contribution in [0.15, 0.2) is 30.5 Å². The predicted octanol–water partition coefficient (Wildman–Crippen LogP) is 3.23. The average molecular weight is 312 g/mol. The van der Waals surface area contributed by atoms with Gasteiger partial charge >= 0.3 is 0 Å². The minimum absolute atomic E-state index is 0.165. The average Bonchev–Trinajstić information content (AvgIpc) is 2.89. The molecule has 0 saturated carbocycles. The largest absolute Gasteiger partial charge is 0.395 e. The van der Waals surface area contributed by atoms with Gasteiger partial charge in [0.2, 0.25) is 0 Å². The van der Waals surface area contributed by atoms with Gasteiger partial charge in [0.1, 0.15) is 9.34 Å². The number of hydrogen-bond acceptors (Lipinski definition) is 5. The Morgan fingerprint density at radius 1 is 1.35 bits per heavy atom. The van der Waals surface area contributed by atoms with Crippen LogP contribution in [0.2, 0.25) is 4.34 Å². The molecule has 2 rings (SSSR count). The van der Waals surface area contributed by atoms with Crippen molar-refractivity contribution in [2.45, 2.75) is 13.5 Å². The first-order chi connectivity index (χ1) is 9.72. The van der Waals surface area contributed by atoms with E-state index in [0.29, 0.717) is 17.4 Å². The first-order valence-corrected chi connectivity index (χ1v) is 7.72. The third-order valence-corrected chi connectivity index (χ3v) is 4.07. The zero-order valence-electron chi connectivity index (χ0n) is 11.3. The SMILES string of the molecule is CCN(CCO)c1ccc(NCc2ncc(Cl)s2)cc1. The van der Waals surface area contributed by atoms with Crippen molar-refractivity contribution in [2.24, 2.45) is 0 Å². The number of thiazole rings is 1. The second-order valence-electron chi connectivity index (χ2n) is 4.26. The van der Waals surface area contributed by atoms with Crippen molar-refractivity contribution in [3.63, 3.8) is 0 Å². The van der Waals surface area contributed by atoms with Gasteiger partial charge in [-0.3, -0.25) is 0 Å². The molecule has 0 aliphatic rings. The lowest BCUT2D eigenvalue weighted by Crippen LogP contribution is -2.25. The Bertz CT molecular complexity index is 529. The number of nitrogens with one attached hydrogen (secondary N) is 1. The van der Waals surface area contributed by atoms with Gasteiger partial charge in [0, 0.05) is 24.5 Å². The molecular formula is C14H18ClN3OS. The molecule has 0 unspecified atom stereocenters. The molecule has 0 radical (unpaired) electrons. The molecule has 6 heteroatoms. The summed E-state index contributed by atoms with van der Waals surface area (Å²) in [6.45, 7) is 4.45. The van der Waals surface area contributed by atoms with E-state index < -0.39 is 0 Å². The monoisotopic (exact) mass is 311 g/mol. The Labute approximate surface area is 128 Å². The third kappa shape index (κ3) is 4.10. The molecule has 1 aromatic heterocycles. The van der Waals surface area contributed by atoms with Crippen LogP contribution in [0.3, 0.4) is 0 Å². The van der Waals surface area contributed by atoms with Crippen LogP contribution in [0.5, 0.6) is 0 Å². The zero-order chi connectivity index (χ0) is 14.4. The molecule has 0 aliphatic carbocycles. The Kier molecular flexibility index (Phi) is 5.64. The number of anilines is 2. The van der Waals surface area contributed by atoms with Crippen LogP contribution in [0.1, 0.15) is 11.9 Å². The van der Waals surface area contributed by atoms with Crippen molar-refractivity contribution < 1.29 is 5.11 Å². The van der Waals surface area contributed by atoms with E-state index in [0.717, 1.165) is 22.9 Å². The summed E-state index contributed by atoms with van der Waals surface area (Å²) < 4.78 is 0.708. The number of nitrogens with zero attached hydrogens (tertiary/aromatic N) is 2. The standard InChI is InChI=1S/C14H18ClN3OS/c1-2-18(7-8-19)12-5-3-11(4-6-12)16-10-14-17-9-13(15)20-14/h3-6,9,16,19H,2,7-8,10H2,1H3. The highest BCUT2D eigenvalue weighted by atomic mass is 35.5. The maximum Gasteiger partial charge on any atom is 0.113 e. The van der Waals surface area contributed by atoms with Crippen LogP contribution >= 0.6 is 22.9 Å². The highest BCUT2D eigenvalue weighted by Gasteiger charge is 2.04. The van der Waals surface area contributed by atoms with Gasteiger partial charge in [-0.15, -0.1) is 11.3 Å². The van der Waals surface area contributed by atoms with Gasteiger partial charge in [0.15, 0.2) is 0 Å². The van der Waals surface area contributed by atoms with E-state index in [2.05, 4.69) is 34.3 Å². The second-order valence-corrected chi connectivity index (χ2v) is 6.01. The molecule has 2 N–H and O–H groups in total. The second kappa shape index (κ2) is 7.47. The molecule has 1 aromatic carbocycles. The quantitative estimate of drug-likeness (QED) is 0.824. The van der Waals surface area contributed by atoms with Crippen LogP contribution in [0.4, 0.5) is 11.4 Å². The van der Waals surface area contributed by atoms with Crippen LogP contribution in [-0.4, -0.2) is 29.8 Å². The first kappa shape index (κ1) is 15.1. The summed E-state index contributed by atoms with van der Waals surface area (Å²) in [5, 5.41) is 13.3. The van der Waals surface area contributed by atoms with E-state index in [1.165, 1.54) is 11.3 Å². The molecule has 0 spiro atoms. The molecule has 108 valence electrons. The number of halogens is 1. The van der Waals surface area contributed by atoms with E-state index in [1.807, 2.05) is 12.1 Å². The molecule has 0 amide bonds. The maximum absolute atomic E-state index is 9.03. The number of aliphatic hydroxyl groups is 1. The lowest BCUT2D eigenvalue weighted by atomic mass is 10.2. The fourth-order valence-electron chi connectivity index (χ4n) is 1.93. The molecule has 2 aromatic rings. The summed E-state index contributed by atoms with van der Waals surface area (Å²) in [7, 11) is 0. The van der Waals surface area contributed by atoms with E-state index in [-0.39, 0.29) is 6.61 Å². The van der Waals surface area contributed by atoms with E-state index in [1.54, 1.807) is 6.20 Å². The van der Waals surface area contributed by atoms with Gasteiger partial charge in [-0.05, 0) is 31.2 Å². The third-order valence-electron chi connectivity index (χ3n) is 2.95. The topological polar surface area (TPSA) is 48.4 Å². The van der Waals surface area contributed by atoms with Crippen LogP contribution in [0.25, 0.3) is 0 Å². The van der Waals surface area contributed by atoms with Crippen LogP contribution in [0, 0.1) is 0 Å². The minimum Gasteiger partial charge on any atom is -0.395 e. The van der Waals surface area contributed by atoms with E-state index in [9.17, 15) is 0 Å². The molecule has 0 saturated heterocycles. The molecule has 20 heavy (non-hydrogen) atoms. The van der Waals surface area contributed by atoms with Crippen molar-refractivity contribution in [1.82, 2.24) is 4.98 Å². The predicted molar refractivity (Wildman–Crippen MR) is 85.9 cm³/mol. The maximum atomic E-state index is 9.03. The van der Waals surface area contributed by atoms with E-state index >= 15 is 0 Å². The smallest absolute Gasteiger partial charge is 0.113 e. The fourth-order valence-corrected chi connectivity index (χ4v) is 2.82. The summed E-state index contributed by atoms with van der Waals surface area (Å²) in [6.07, 6.45) is 1.67. The van der Waals surface area contributed by atoms with Gasteiger partial charge < -0.3 is 15.3 Å². The van der Waals surface area contributed by atoms with Crippen molar-refractivity contribution in [1.29, 1.82) is 0 Å². The Hall–Kier alpha value is -1.30. The minimum atomic E-state index is 0.165. The molecular weight excluding hydrogens is 294 g/mol. The first-order valence-electron chi connectivity index (χ1n) is 6.53. The summed E-state index contributed by atoms with van der Waals surface area (Å²) in [5.74, 6) is 0. The lowest BCUT2D eigenvalue weighted by molar-refractivity contribution is 0.302. The van der Waals surface area contributed by atoms with Gasteiger partial charge in [-0.1, -0.05) is 11.6 Å².